The summed E-state index contributed by atoms with van der Waals surface area (Å²) < 4.78 is 2.06. The topological polar surface area (TPSA) is 63.1 Å². The van der Waals surface area contributed by atoms with Crippen LogP contribution >= 0.6 is 11.3 Å². The summed E-state index contributed by atoms with van der Waals surface area (Å²) in [5.41, 5.74) is 0. The minimum absolute atomic E-state index is 0.0526. The van der Waals surface area contributed by atoms with Gasteiger partial charge in [-0.05, 0) is 36.6 Å². The van der Waals surface area contributed by atoms with Crippen molar-refractivity contribution in [1.82, 2.24) is 25.0 Å². The van der Waals surface area contributed by atoms with E-state index in [-0.39, 0.29) is 5.91 Å². The van der Waals surface area contributed by atoms with Crippen molar-refractivity contribution in [3.63, 3.8) is 0 Å². The van der Waals surface area contributed by atoms with Crippen molar-refractivity contribution in [3.05, 3.63) is 34.0 Å². The standard InChI is InChI=1S/C17H21N5OS/c23-17(18-12-3-4-12)16-20-19-15-14-10-21(9-13-2-1-7-24-13)8-11(14)5-6-22(15)16/h1-2,7,11-12,14H,3-6,8-10H2,(H,18,23)/t11-,14+/m0/s1. The number of nitrogens with zero attached hydrogens (tertiary/aromatic N) is 4. The van der Waals surface area contributed by atoms with Gasteiger partial charge in [0.15, 0.2) is 0 Å². The Bertz CT molecular complexity index is 751. The second kappa shape index (κ2) is 5.67. The Kier molecular flexibility index (Phi) is 3.45. The molecule has 0 bridgehead atoms. The molecular weight excluding hydrogens is 322 g/mol. The van der Waals surface area contributed by atoms with Crippen LogP contribution < -0.4 is 5.32 Å². The summed E-state index contributed by atoms with van der Waals surface area (Å²) in [5, 5.41) is 13.8. The predicted octanol–water partition coefficient (Wildman–Crippen LogP) is 1.85. The molecule has 2 aromatic rings. The molecule has 0 radical (unpaired) electrons. The zero-order chi connectivity index (χ0) is 16.1. The van der Waals surface area contributed by atoms with E-state index in [4.69, 9.17) is 0 Å². The number of fused-ring (bicyclic) bond motifs is 3. The van der Waals surface area contributed by atoms with Gasteiger partial charge in [-0.15, -0.1) is 21.5 Å². The summed E-state index contributed by atoms with van der Waals surface area (Å²) in [6.45, 7) is 4.03. The fourth-order valence-electron chi connectivity index (χ4n) is 4.05. The lowest BCUT2D eigenvalue weighted by molar-refractivity contribution is 0.0934. The molecule has 4 heterocycles. The molecule has 1 saturated heterocycles. The molecule has 5 rings (SSSR count). The molecule has 7 heteroatoms. The number of carbonyl (C=O) groups is 1. The smallest absolute Gasteiger partial charge is 0.289 e. The number of hydrogen-bond acceptors (Lipinski definition) is 5. The highest BCUT2D eigenvalue weighted by Crippen LogP contribution is 2.39. The van der Waals surface area contributed by atoms with E-state index >= 15 is 0 Å². The molecule has 2 atom stereocenters. The molecule has 0 aromatic carbocycles. The fourth-order valence-corrected chi connectivity index (χ4v) is 4.79. The van der Waals surface area contributed by atoms with E-state index in [1.165, 1.54) is 4.88 Å². The highest BCUT2D eigenvalue weighted by Gasteiger charge is 2.41. The maximum atomic E-state index is 12.4. The van der Waals surface area contributed by atoms with Gasteiger partial charge in [0, 0.05) is 43.0 Å². The number of carbonyl (C=O) groups excluding carboxylic acids is 1. The predicted molar refractivity (Wildman–Crippen MR) is 91.0 cm³/mol. The lowest BCUT2D eigenvalue weighted by Gasteiger charge is -2.25. The SMILES string of the molecule is O=C(NC1CC1)c1nnc2n1CC[C@H]1CN(Cc3cccs3)C[C@@H]21. The molecule has 0 spiro atoms. The van der Waals surface area contributed by atoms with E-state index < -0.39 is 0 Å². The van der Waals surface area contributed by atoms with Gasteiger partial charge in [0.25, 0.3) is 5.91 Å². The molecule has 2 aromatic heterocycles. The van der Waals surface area contributed by atoms with E-state index in [2.05, 4.69) is 42.5 Å². The van der Waals surface area contributed by atoms with Crippen molar-refractivity contribution in [2.75, 3.05) is 13.1 Å². The van der Waals surface area contributed by atoms with Crippen molar-refractivity contribution < 1.29 is 4.79 Å². The van der Waals surface area contributed by atoms with E-state index in [1.807, 2.05) is 11.3 Å². The number of thiophene rings is 1. The molecule has 6 nitrogen and oxygen atoms in total. The summed E-state index contributed by atoms with van der Waals surface area (Å²) in [6, 6.07) is 4.68. The molecule has 2 aliphatic heterocycles. The van der Waals surface area contributed by atoms with Gasteiger partial charge >= 0.3 is 0 Å². The Morgan fingerprint density at radius 2 is 2.21 bits per heavy atom. The van der Waals surface area contributed by atoms with Gasteiger partial charge in [-0.25, -0.2) is 0 Å². The summed E-state index contributed by atoms with van der Waals surface area (Å²) in [7, 11) is 0. The van der Waals surface area contributed by atoms with Crippen molar-refractivity contribution in [1.29, 1.82) is 0 Å². The Hall–Kier alpha value is -1.73. The molecule has 24 heavy (non-hydrogen) atoms. The molecule has 1 N–H and O–H groups in total. The van der Waals surface area contributed by atoms with E-state index in [9.17, 15) is 4.79 Å². The summed E-state index contributed by atoms with van der Waals surface area (Å²) in [4.78, 5) is 16.3. The average Bonchev–Trinajstić information content (AvgIpc) is 3.01. The molecule has 2 fully saturated rings. The Morgan fingerprint density at radius 1 is 1.29 bits per heavy atom. The minimum Gasteiger partial charge on any atom is -0.347 e. The van der Waals surface area contributed by atoms with Crippen LogP contribution in [0.2, 0.25) is 0 Å². The van der Waals surface area contributed by atoms with Gasteiger partial charge in [0.05, 0.1) is 0 Å². The zero-order valence-corrected chi connectivity index (χ0v) is 14.3. The third-order valence-corrected chi connectivity index (χ3v) is 6.29. The van der Waals surface area contributed by atoms with Gasteiger partial charge in [-0.3, -0.25) is 9.69 Å². The van der Waals surface area contributed by atoms with Crippen molar-refractivity contribution in [3.8, 4) is 0 Å². The van der Waals surface area contributed by atoms with Gasteiger partial charge in [0.2, 0.25) is 5.82 Å². The van der Waals surface area contributed by atoms with Crippen molar-refractivity contribution >= 4 is 17.2 Å². The quantitative estimate of drug-likeness (QED) is 0.920. The van der Waals surface area contributed by atoms with Crippen LogP contribution in [0.15, 0.2) is 17.5 Å². The molecule has 1 aliphatic carbocycles. The lowest BCUT2D eigenvalue weighted by Crippen LogP contribution is -2.31. The molecule has 3 aliphatic rings. The number of hydrogen-bond donors (Lipinski definition) is 1. The van der Waals surface area contributed by atoms with Crippen LogP contribution in [-0.2, 0) is 13.1 Å². The largest absolute Gasteiger partial charge is 0.347 e. The number of amides is 1. The van der Waals surface area contributed by atoms with Gasteiger partial charge in [-0.1, -0.05) is 6.07 Å². The highest BCUT2D eigenvalue weighted by atomic mass is 32.1. The zero-order valence-electron chi connectivity index (χ0n) is 13.5. The number of likely N-dealkylation sites (tertiary alicyclic amines) is 1. The van der Waals surface area contributed by atoms with Crippen LogP contribution in [0.5, 0.6) is 0 Å². The highest BCUT2D eigenvalue weighted by molar-refractivity contribution is 7.09. The summed E-state index contributed by atoms with van der Waals surface area (Å²) in [6.07, 6.45) is 3.30. The van der Waals surface area contributed by atoms with Crippen LogP contribution in [0.1, 0.15) is 46.5 Å². The summed E-state index contributed by atoms with van der Waals surface area (Å²) >= 11 is 1.82. The number of nitrogens with one attached hydrogen (secondary N) is 1. The van der Waals surface area contributed by atoms with Crippen LogP contribution in [-0.4, -0.2) is 44.7 Å². The minimum atomic E-state index is -0.0526. The van der Waals surface area contributed by atoms with Crippen LogP contribution in [0.4, 0.5) is 0 Å². The van der Waals surface area contributed by atoms with Crippen molar-refractivity contribution in [2.24, 2.45) is 5.92 Å². The van der Waals surface area contributed by atoms with E-state index in [1.54, 1.807) is 0 Å². The first kappa shape index (κ1) is 14.6. The number of aromatic nitrogens is 3. The molecule has 1 saturated carbocycles. The van der Waals surface area contributed by atoms with Crippen LogP contribution in [0.3, 0.4) is 0 Å². The van der Waals surface area contributed by atoms with Gasteiger partial charge < -0.3 is 9.88 Å². The van der Waals surface area contributed by atoms with E-state index in [0.29, 0.717) is 23.7 Å². The first-order chi connectivity index (χ1) is 11.8. The van der Waals surface area contributed by atoms with E-state index in [0.717, 1.165) is 51.3 Å². The normalized spacial score (nSPS) is 26.2. The molecule has 1 amide bonds. The van der Waals surface area contributed by atoms with Crippen molar-refractivity contribution in [2.45, 2.75) is 44.3 Å². The Labute approximate surface area is 144 Å². The molecular formula is C17H21N5OS. The maximum absolute atomic E-state index is 12.4. The third kappa shape index (κ3) is 2.56. The van der Waals surface area contributed by atoms with Crippen LogP contribution in [0, 0.1) is 5.92 Å². The first-order valence-electron chi connectivity index (χ1n) is 8.76. The molecule has 0 unspecified atom stereocenters. The third-order valence-electron chi connectivity index (χ3n) is 5.43. The maximum Gasteiger partial charge on any atom is 0.289 e. The summed E-state index contributed by atoms with van der Waals surface area (Å²) in [5.74, 6) is 2.52. The monoisotopic (exact) mass is 343 g/mol. The van der Waals surface area contributed by atoms with Gasteiger partial charge in [-0.2, -0.15) is 0 Å². The second-order valence-corrected chi connectivity index (χ2v) is 8.24. The molecule has 126 valence electrons. The number of rotatable bonds is 4. The fraction of sp³-hybridized carbons (Fsp3) is 0.588. The first-order valence-corrected chi connectivity index (χ1v) is 9.64. The van der Waals surface area contributed by atoms with Crippen LogP contribution in [0.25, 0.3) is 0 Å². The van der Waals surface area contributed by atoms with Gasteiger partial charge in [0.1, 0.15) is 5.82 Å². The second-order valence-electron chi connectivity index (χ2n) is 7.21. The average molecular weight is 343 g/mol. The lowest BCUT2D eigenvalue weighted by atomic mass is 9.89. The Morgan fingerprint density at radius 3 is 3.00 bits per heavy atom. The Balaban J connectivity index is 1.34.